The van der Waals surface area contributed by atoms with Crippen LogP contribution in [0.3, 0.4) is 0 Å². The smallest absolute Gasteiger partial charge is 0.148 e. The van der Waals surface area contributed by atoms with E-state index in [-0.39, 0.29) is 6.61 Å². The fourth-order valence-corrected chi connectivity index (χ4v) is 2.97. The highest BCUT2D eigenvalue weighted by atomic mass is 79.9. The largest absolute Gasteiger partial charge is 0.481 e. The van der Waals surface area contributed by atoms with Crippen molar-refractivity contribution in [2.75, 3.05) is 13.2 Å². The minimum atomic E-state index is 0.280. The van der Waals surface area contributed by atoms with Gasteiger partial charge in [0.1, 0.15) is 12.4 Å². The molecule has 0 aliphatic carbocycles. The second-order valence-corrected chi connectivity index (χ2v) is 6.36. The molecule has 0 atom stereocenters. The lowest BCUT2D eigenvalue weighted by atomic mass is 10.1. The van der Waals surface area contributed by atoms with Crippen molar-refractivity contribution in [3.63, 3.8) is 0 Å². The van der Waals surface area contributed by atoms with E-state index >= 15 is 0 Å². The quantitative estimate of drug-likeness (QED) is 0.596. The van der Waals surface area contributed by atoms with Crippen molar-refractivity contribution in [3.05, 3.63) is 45.2 Å². The molecule has 4 nitrogen and oxygen atoms in total. The van der Waals surface area contributed by atoms with E-state index in [1.54, 1.807) is 0 Å². The van der Waals surface area contributed by atoms with Gasteiger partial charge in [0.15, 0.2) is 0 Å². The highest BCUT2D eigenvalue weighted by Crippen LogP contribution is 2.23. The monoisotopic (exact) mass is 375 g/mol. The third-order valence-corrected chi connectivity index (χ3v) is 4.35. The van der Waals surface area contributed by atoms with E-state index in [9.17, 15) is 0 Å². The van der Waals surface area contributed by atoms with Crippen molar-refractivity contribution in [1.82, 2.24) is 15.1 Å². The maximum Gasteiger partial charge on any atom is 0.148 e. The summed E-state index contributed by atoms with van der Waals surface area (Å²) in [5.41, 5.74) is 4.74. The molecule has 5 heteroatoms. The van der Waals surface area contributed by atoms with Crippen LogP contribution in [-0.4, -0.2) is 22.9 Å². The third-order valence-electron chi connectivity index (χ3n) is 3.86. The van der Waals surface area contributed by atoms with Crippen LogP contribution in [-0.2, 0) is 20.0 Å². The zero-order chi connectivity index (χ0) is 16.8. The van der Waals surface area contributed by atoms with Crippen LogP contribution in [0.25, 0.3) is 0 Å². The molecule has 0 aliphatic heterocycles. The number of aromatic nitrogens is 2. The van der Waals surface area contributed by atoms with Crippen LogP contribution in [0.4, 0.5) is 0 Å². The Bertz CT molecular complexity index is 716. The van der Waals surface area contributed by atoms with Gasteiger partial charge in [0.05, 0.1) is 5.69 Å². The maximum atomic E-state index is 5.59. The van der Waals surface area contributed by atoms with Gasteiger partial charge in [-0.3, -0.25) is 4.68 Å². The summed E-state index contributed by atoms with van der Waals surface area (Å²) < 4.78 is 8.55. The summed E-state index contributed by atoms with van der Waals surface area (Å²) in [4.78, 5) is 0. The number of benzene rings is 1. The second-order valence-electron chi connectivity index (χ2n) is 5.44. The highest BCUT2D eigenvalue weighted by molar-refractivity contribution is 9.10. The van der Waals surface area contributed by atoms with Gasteiger partial charge in [0, 0.05) is 29.3 Å². The maximum absolute atomic E-state index is 5.59. The van der Waals surface area contributed by atoms with E-state index in [2.05, 4.69) is 52.2 Å². The number of terminal acetylenes is 1. The number of nitrogens with one attached hydrogen (secondary N) is 1. The standard InChI is InChI=1S/C18H22BrN3O/c1-5-10-23-18-7-6-16(19)11-15(18)12-20-9-8-17-13(2)21-22(4)14(17)3/h1,6-7,11,20H,8-10,12H2,2-4H3. The average molecular weight is 376 g/mol. The molecule has 23 heavy (non-hydrogen) atoms. The topological polar surface area (TPSA) is 39.1 Å². The van der Waals surface area contributed by atoms with Gasteiger partial charge in [0.25, 0.3) is 0 Å². The number of nitrogens with zero attached hydrogens (tertiary/aromatic N) is 2. The molecule has 0 radical (unpaired) electrons. The van der Waals surface area contributed by atoms with E-state index in [1.807, 2.05) is 23.9 Å². The Balaban J connectivity index is 1.93. The van der Waals surface area contributed by atoms with E-state index in [4.69, 9.17) is 11.2 Å². The van der Waals surface area contributed by atoms with E-state index in [0.29, 0.717) is 0 Å². The lowest BCUT2D eigenvalue weighted by molar-refractivity contribution is 0.365. The molecule has 0 saturated heterocycles. The van der Waals surface area contributed by atoms with E-state index in [1.165, 1.54) is 11.3 Å². The molecule has 1 N–H and O–H groups in total. The molecule has 122 valence electrons. The minimum absolute atomic E-state index is 0.280. The molecule has 0 amide bonds. The summed E-state index contributed by atoms with van der Waals surface area (Å²) in [6.45, 7) is 6.06. The summed E-state index contributed by atoms with van der Waals surface area (Å²) in [7, 11) is 1.98. The van der Waals surface area contributed by atoms with Crippen molar-refractivity contribution in [2.45, 2.75) is 26.8 Å². The Morgan fingerprint density at radius 1 is 1.39 bits per heavy atom. The fraction of sp³-hybridized carbons (Fsp3) is 0.389. The van der Waals surface area contributed by atoms with Crippen LogP contribution >= 0.6 is 15.9 Å². The predicted molar refractivity (Wildman–Crippen MR) is 96.6 cm³/mol. The van der Waals surface area contributed by atoms with Crippen molar-refractivity contribution in [2.24, 2.45) is 7.05 Å². The fourth-order valence-electron chi connectivity index (χ4n) is 2.56. The summed E-state index contributed by atoms with van der Waals surface area (Å²) in [6, 6.07) is 5.95. The normalized spacial score (nSPS) is 10.6. The van der Waals surface area contributed by atoms with E-state index in [0.717, 1.165) is 41.0 Å². The summed E-state index contributed by atoms with van der Waals surface area (Å²) in [6.07, 6.45) is 6.22. The first-order valence-corrected chi connectivity index (χ1v) is 8.36. The Hall–Kier alpha value is -1.77. The molecule has 0 aliphatic rings. The van der Waals surface area contributed by atoms with Gasteiger partial charge >= 0.3 is 0 Å². The molecular weight excluding hydrogens is 354 g/mol. The van der Waals surface area contributed by atoms with Gasteiger partial charge in [-0.1, -0.05) is 21.9 Å². The molecule has 2 aromatic rings. The van der Waals surface area contributed by atoms with Crippen molar-refractivity contribution in [1.29, 1.82) is 0 Å². The molecule has 1 heterocycles. The number of aryl methyl sites for hydroxylation is 2. The zero-order valence-corrected chi connectivity index (χ0v) is 15.4. The molecular formula is C18H22BrN3O. The minimum Gasteiger partial charge on any atom is -0.481 e. The van der Waals surface area contributed by atoms with Crippen LogP contribution in [0.2, 0.25) is 0 Å². The number of rotatable bonds is 7. The van der Waals surface area contributed by atoms with Gasteiger partial charge < -0.3 is 10.1 Å². The van der Waals surface area contributed by atoms with Crippen LogP contribution in [0.5, 0.6) is 5.75 Å². The van der Waals surface area contributed by atoms with Crippen LogP contribution in [0.15, 0.2) is 22.7 Å². The Kier molecular flexibility index (Phi) is 6.26. The Labute approximate surface area is 146 Å². The van der Waals surface area contributed by atoms with Crippen LogP contribution < -0.4 is 10.1 Å². The second kappa shape index (κ2) is 8.19. The highest BCUT2D eigenvalue weighted by Gasteiger charge is 2.09. The molecule has 0 spiro atoms. The Morgan fingerprint density at radius 2 is 2.17 bits per heavy atom. The molecule has 0 unspecified atom stereocenters. The van der Waals surface area contributed by atoms with Gasteiger partial charge in [-0.25, -0.2) is 0 Å². The predicted octanol–water partition coefficient (Wildman–Crippen LogP) is 3.14. The van der Waals surface area contributed by atoms with Gasteiger partial charge in [-0.15, -0.1) is 6.42 Å². The lowest BCUT2D eigenvalue weighted by Crippen LogP contribution is -2.18. The Morgan fingerprint density at radius 3 is 2.83 bits per heavy atom. The number of hydrogen-bond donors (Lipinski definition) is 1. The molecule has 1 aromatic heterocycles. The van der Waals surface area contributed by atoms with Gasteiger partial charge in [-0.2, -0.15) is 5.10 Å². The number of hydrogen-bond acceptors (Lipinski definition) is 3. The van der Waals surface area contributed by atoms with Crippen molar-refractivity contribution < 1.29 is 4.74 Å². The van der Waals surface area contributed by atoms with Crippen LogP contribution in [0, 0.1) is 26.2 Å². The summed E-state index contributed by atoms with van der Waals surface area (Å²) in [5, 5.41) is 7.92. The zero-order valence-electron chi connectivity index (χ0n) is 13.8. The van der Waals surface area contributed by atoms with Gasteiger partial charge in [-0.05, 0) is 50.6 Å². The molecule has 0 fully saturated rings. The third kappa shape index (κ3) is 4.60. The van der Waals surface area contributed by atoms with Crippen molar-refractivity contribution >= 4 is 15.9 Å². The molecule has 0 saturated carbocycles. The first kappa shape index (κ1) is 17.6. The first-order chi connectivity index (χ1) is 11.0. The van der Waals surface area contributed by atoms with E-state index < -0.39 is 0 Å². The lowest BCUT2D eigenvalue weighted by Gasteiger charge is -2.11. The number of ether oxygens (including phenoxy) is 1. The average Bonchev–Trinajstić information content (AvgIpc) is 2.76. The summed E-state index contributed by atoms with van der Waals surface area (Å²) >= 11 is 3.50. The SMILES string of the molecule is C#CCOc1ccc(Br)cc1CNCCc1c(C)nn(C)c1C. The molecule has 2 rings (SSSR count). The number of halogens is 1. The molecule has 1 aromatic carbocycles. The van der Waals surface area contributed by atoms with Gasteiger partial charge in [0.2, 0.25) is 0 Å². The first-order valence-electron chi connectivity index (χ1n) is 7.57. The summed E-state index contributed by atoms with van der Waals surface area (Å²) in [5.74, 6) is 3.32. The molecule has 0 bridgehead atoms. The van der Waals surface area contributed by atoms with Crippen LogP contribution in [0.1, 0.15) is 22.5 Å². The van der Waals surface area contributed by atoms with Crippen molar-refractivity contribution in [3.8, 4) is 18.1 Å².